The first-order chi connectivity index (χ1) is 12.7. The SMILES string of the molecule is Cc1ccc(C(=O)CC2SC(=Nc3ccc(S(N)(=O)=O)cc3)NC2=O)cc1. The molecular weight excluding hydrogens is 386 g/mol. The zero-order valence-electron chi connectivity index (χ0n) is 14.4. The first-order valence-electron chi connectivity index (χ1n) is 8.01. The molecular formula is C18H17N3O4S2. The number of amidine groups is 1. The minimum Gasteiger partial charge on any atom is -0.304 e. The highest BCUT2D eigenvalue weighted by Gasteiger charge is 2.32. The fraction of sp³-hybridized carbons (Fsp3) is 0.167. The molecule has 1 atom stereocenters. The van der Waals surface area contributed by atoms with Crippen LogP contribution in [0.25, 0.3) is 0 Å². The van der Waals surface area contributed by atoms with Crippen LogP contribution in [-0.4, -0.2) is 30.5 Å². The van der Waals surface area contributed by atoms with E-state index in [0.29, 0.717) is 16.4 Å². The van der Waals surface area contributed by atoms with E-state index >= 15 is 0 Å². The van der Waals surface area contributed by atoms with E-state index in [4.69, 9.17) is 5.14 Å². The maximum atomic E-state index is 12.4. The molecule has 27 heavy (non-hydrogen) atoms. The minimum atomic E-state index is -3.77. The molecule has 0 spiro atoms. The Bertz CT molecular complexity index is 1010. The lowest BCUT2D eigenvalue weighted by Gasteiger charge is -2.05. The van der Waals surface area contributed by atoms with Crippen molar-refractivity contribution in [1.29, 1.82) is 0 Å². The van der Waals surface area contributed by atoms with Crippen molar-refractivity contribution in [2.75, 3.05) is 0 Å². The standard InChI is InChI=1S/C18H17N3O4S2/c1-11-2-4-12(5-3-11)15(22)10-16-17(23)21-18(26-16)20-13-6-8-14(9-7-13)27(19,24)25/h2-9,16H,10H2,1H3,(H2,19,24,25)(H,20,21,23). The van der Waals surface area contributed by atoms with Gasteiger partial charge in [0, 0.05) is 12.0 Å². The third kappa shape index (κ3) is 4.82. The minimum absolute atomic E-state index is 0.0175. The summed E-state index contributed by atoms with van der Waals surface area (Å²) in [7, 11) is -3.77. The Morgan fingerprint density at radius 1 is 1.15 bits per heavy atom. The number of Topliss-reactive ketones (excluding diaryl/α,β-unsaturated/α-hetero) is 1. The summed E-state index contributed by atoms with van der Waals surface area (Å²) in [4.78, 5) is 28.7. The highest BCUT2D eigenvalue weighted by Crippen LogP contribution is 2.26. The quantitative estimate of drug-likeness (QED) is 0.742. The molecule has 2 aromatic carbocycles. The van der Waals surface area contributed by atoms with Crippen LogP contribution in [0.4, 0.5) is 5.69 Å². The number of primary sulfonamides is 1. The van der Waals surface area contributed by atoms with E-state index in [2.05, 4.69) is 10.3 Å². The van der Waals surface area contributed by atoms with Gasteiger partial charge in [0.2, 0.25) is 15.9 Å². The van der Waals surface area contributed by atoms with Crippen LogP contribution in [0.5, 0.6) is 0 Å². The summed E-state index contributed by atoms with van der Waals surface area (Å²) in [6, 6.07) is 12.9. The molecule has 140 valence electrons. The lowest BCUT2D eigenvalue weighted by Crippen LogP contribution is -2.26. The van der Waals surface area contributed by atoms with Crippen molar-refractivity contribution in [2.24, 2.45) is 10.1 Å². The average Bonchev–Trinajstić information content (AvgIpc) is 2.94. The molecule has 1 heterocycles. The number of ketones is 1. The van der Waals surface area contributed by atoms with E-state index in [1.54, 1.807) is 12.1 Å². The van der Waals surface area contributed by atoms with Gasteiger partial charge in [0.1, 0.15) is 0 Å². The summed E-state index contributed by atoms with van der Waals surface area (Å²) in [6.45, 7) is 1.94. The Kier molecular flexibility index (Phi) is 5.45. The van der Waals surface area contributed by atoms with Gasteiger partial charge >= 0.3 is 0 Å². The number of hydrogen-bond donors (Lipinski definition) is 2. The van der Waals surface area contributed by atoms with Crippen LogP contribution in [0.15, 0.2) is 58.4 Å². The van der Waals surface area contributed by atoms with Crippen molar-refractivity contribution in [3.63, 3.8) is 0 Å². The molecule has 0 aliphatic carbocycles. The lowest BCUT2D eigenvalue weighted by molar-refractivity contribution is -0.118. The third-order valence-corrected chi connectivity index (χ3v) is 5.93. The number of hydrogen-bond acceptors (Lipinski definition) is 6. The van der Waals surface area contributed by atoms with Crippen molar-refractivity contribution in [1.82, 2.24) is 5.32 Å². The number of nitrogens with two attached hydrogens (primary N) is 1. The van der Waals surface area contributed by atoms with Crippen LogP contribution in [0, 0.1) is 6.92 Å². The number of amides is 1. The molecule has 3 N–H and O–H groups in total. The van der Waals surface area contributed by atoms with Crippen LogP contribution in [0.3, 0.4) is 0 Å². The van der Waals surface area contributed by atoms with Crippen molar-refractivity contribution in [2.45, 2.75) is 23.5 Å². The number of carbonyl (C=O) groups is 2. The van der Waals surface area contributed by atoms with Gasteiger partial charge in [0.05, 0.1) is 15.8 Å². The highest BCUT2D eigenvalue weighted by atomic mass is 32.2. The molecule has 2 aromatic rings. The topological polar surface area (TPSA) is 119 Å². The number of aryl methyl sites for hydroxylation is 1. The molecule has 0 saturated carbocycles. The first kappa shape index (κ1) is 19.3. The second kappa shape index (κ2) is 7.63. The molecule has 1 aliphatic rings. The number of nitrogens with zero attached hydrogens (tertiary/aromatic N) is 1. The van der Waals surface area contributed by atoms with E-state index in [9.17, 15) is 18.0 Å². The molecule has 0 aromatic heterocycles. The summed E-state index contributed by atoms with van der Waals surface area (Å²) in [5.74, 6) is -0.387. The van der Waals surface area contributed by atoms with Gasteiger partial charge in [-0.25, -0.2) is 18.5 Å². The van der Waals surface area contributed by atoms with Gasteiger partial charge in [0.15, 0.2) is 11.0 Å². The zero-order chi connectivity index (χ0) is 19.6. The fourth-order valence-corrected chi connectivity index (χ4v) is 3.95. The average molecular weight is 403 g/mol. The number of benzene rings is 2. The molecule has 1 amide bonds. The van der Waals surface area contributed by atoms with Gasteiger partial charge in [0.25, 0.3) is 0 Å². The first-order valence-corrected chi connectivity index (χ1v) is 10.4. The van der Waals surface area contributed by atoms with Gasteiger partial charge in [-0.15, -0.1) is 0 Å². The van der Waals surface area contributed by atoms with Crippen molar-refractivity contribution < 1.29 is 18.0 Å². The van der Waals surface area contributed by atoms with Crippen LogP contribution >= 0.6 is 11.8 Å². The maximum absolute atomic E-state index is 12.4. The largest absolute Gasteiger partial charge is 0.304 e. The number of carbonyl (C=O) groups excluding carboxylic acids is 2. The Balaban J connectivity index is 1.68. The highest BCUT2D eigenvalue weighted by molar-refractivity contribution is 8.15. The maximum Gasteiger partial charge on any atom is 0.240 e. The van der Waals surface area contributed by atoms with E-state index < -0.39 is 15.3 Å². The molecule has 0 radical (unpaired) electrons. The summed E-state index contributed by atoms with van der Waals surface area (Å²) in [5, 5.41) is 7.51. The summed E-state index contributed by atoms with van der Waals surface area (Å²) in [6.07, 6.45) is 0.0724. The van der Waals surface area contributed by atoms with Crippen LogP contribution in [-0.2, 0) is 14.8 Å². The van der Waals surface area contributed by atoms with Gasteiger partial charge < -0.3 is 5.32 Å². The van der Waals surface area contributed by atoms with Crippen LogP contribution in [0.1, 0.15) is 22.3 Å². The summed E-state index contributed by atoms with van der Waals surface area (Å²) >= 11 is 1.18. The number of sulfonamides is 1. The second-order valence-electron chi connectivity index (χ2n) is 6.04. The smallest absolute Gasteiger partial charge is 0.240 e. The molecule has 0 bridgehead atoms. The normalized spacial score (nSPS) is 18.5. The Morgan fingerprint density at radius 3 is 2.37 bits per heavy atom. The van der Waals surface area contributed by atoms with Crippen molar-refractivity contribution in [3.8, 4) is 0 Å². The number of aliphatic imine (C=N–C) groups is 1. The summed E-state index contributed by atoms with van der Waals surface area (Å²) in [5.41, 5.74) is 2.09. The van der Waals surface area contributed by atoms with Crippen molar-refractivity contribution >= 4 is 44.3 Å². The fourth-order valence-electron chi connectivity index (χ4n) is 2.45. The van der Waals surface area contributed by atoms with Gasteiger partial charge in [-0.05, 0) is 31.2 Å². The monoisotopic (exact) mass is 403 g/mol. The Hall–Kier alpha value is -2.49. The number of nitrogens with one attached hydrogen (secondary N) is 1. The number of thioether (sulfide) groups is 1. The van der Waals surface area contributed by atoms with Crippen LogP contribution < -0.4 is 10.5 Å². The van der Waals surface area contributed by atoms with E-state index in [0.717, 1.165) is 5.56 Å². The van der Waals surface area contributed by atoms with Gasteiger partial charge in [-0.3, -0.25) is 9.59 Å². The molecule has 7 nitrogen and oxygen atoms in total. The predicted molar refractivity (Wildman–Crippen MR) is 105 cm³/mol. The zero-order valence-corrected chi connectivity index (χ0v) is 16.0. The molecule has 1 saturated heterocycles. The van der Waals surface area contributed by atoms with E-state index in [1.165, 1.54) is 36.0 Å². The molecule has 1 fully saturated rings. The molecule has 9 heteroatoms. The second-order valence-corrected chi connectivity index (χ2v) is 8.80. The lowest BCUT2D eigenvalue weighted by atomic mass is 10.0. The predicted octanol–water partition coefficient (Wildman–Crippen LogP) is 2.13. The third-order valence-electron chi connectivity index (χ3n) is 3.92. The van der Waals surface area contributed by atoms with Crippen molar-refractivity contribution in [3.05, 3.63) is 59.7 Å². The Morgan fingerprint density at radius 2 is 1.78 bits per heavy atom. The molecule has 3 rings (SSSR count). The summed E-state index contributed by atoms with van der Waals surface area (Å²) < 4.78 is 22.5. The molecule has 1 aliphatic heterocycles. The van der Waals surface area contributed by atoms with Gasteiger partial charge in [-0.1, -0.05) is 41.6 Å². The van der Waals surface area contributed by atoms with Crippen LogP contribution in [0.2, 0.25) is 0 Å². The molecule has 1 unspecified atom stereocenters. The van der Waals surface area contributed by atoms with E-state index in [1.807, 2.05) is 19.1 Å². The van der Waals surface area contributed by atoms with Gasteiger partial charge in [-0.2, -0.15) is 0 Å². The number of rotatable bonds is 5. The van der Waals surface area contributed by atoms with E-state index in [-0.39, 0.29) is 23.0 Å². The Labute approximate surface area is 161 Å².